The van der Waals surface area contributed by atoms with E-state index in [9.17, 15) is 25.1 Å². The minimum absolute atomic E-state index is 0.000277. The van der Waals surface area contributed by atoms with Gasteiger partial charge in [-0.15, -0.1) is 0 Å². The van der Waals surface area contributed by atoms with Crippen molar-refractivity contribution in [1.82, 2.24) is 10.3 Å². The van der Waals surface area contributed by atoms with E-state index in [1.54, 1.807) is 6.92 Å². The van der Waals surface area contributed by atoms with Crippen LogP contribution in [0.3, 0.4) is 0 Å². The molecule has 2 rings (SSSR count). The Morgan fingerprint density at radius 2 is 2.23 bits per heavy atom. The van der Waals surface area contributed by atoms with Crippen LogP contribution in [0.15, 0.2) is 18.3 Å². The number of carbonyl (C=O) groups excluding carboxylic acids is 1. The fraction of sp³-hybridized carbons (Fsp3) is 0.538. The molecule has 9 heteroatoms. The van der Waals surface area contributed by atoms with Gasteiger partial charge in [-0.05, 0) is 19.4 Å². The first-order valence-electron chi connectivity index (χ1n) is 6.95. The molecule has 1 heterocycles. The summed E-state index contributed by atoms with van der Waals surface area (Å²) in [5, 5.41) is 36.3. The maximum atomic E-state index is 11.8. The summed E-state index contributed by atoms with van der Waals surface area (Å²) in [7, 11) is 0. The fourth-order valence-electron chi connectivity index (χ4n) is 2.57. The number of amides is 1. The Bertz CT molecular complexity index is 567. The van der Waals surface area contributed by atoms with Crippen LogP contribution in [-0.4, -0.2) is 50.8 Å². The zero-order valence-electron chi connectivity index (χ0n) is 12.0. The molecule has 0 saturated heterocycles. The molecule has 1 aromatic heterocycles. The third kappa shape index (κ3) is 3.15. The van der Waals surface area contributed by atoms with Crippen LogP contribution in [0.5, 0.6) is 0 Å². The summed E-state index contributed by atoms with van der Waals surface area (Å²) in [6.45, 7) is 2.17. The lowest BCUT2D eigenvalue weighted by molar-refractivity contribution is -0.384. The second kappa shape index (κ2) is 6.67. The minimum Gasteiger partial charge on any atom is -0.390 e. The summed E-state index contributed by atoms with van der Waals surface area (Å²) in [5.41, 5.74) is -0.231. The minimum atomic E-state index is -1.23. The molecule has 1 aliphatic rings. The average Bonchev–Trinajstić information content (AvgIpc) is 2.76. The van der Waals surface area contributed by atoms with Crippen LogP contribution in [0.4, 0.5) is 11.5 Å². The lowest BCUT2D eigenvalue weighted by Gasteiger charge is -2.18. The molecule has 1 saturated carbocycles. The van der Waals surface area contributed by atoms with E-state index in [4.69, 9.17) is 0 Å². The third-order valence-corrected chi connectivity index (χ3v) is 3.68. The van der Waals surface area contributed by atoms with Crippen LogP contribution in [-0.2, 0) is 4.79 Å². The summed E-state index contributed by atoms with van der Waals surface area (Å²) in [6, 6.07) is 2.02. The number of aliphatic hydroxyl groups excluding tert-OH is 2. The van der Waals surface area contributed by atoms with Crippen molar-refractivity contribution in [2.75, 3.05) is 11.9 Å². The van der Waals surface area contributed by atoms with Gasteiger partial charge in [-0.25, -0.2) is 4.98 Å². The number of hydrogen-bond acceptors (Lipinski definition) is 7. The van der Waals surface area contributed by atoms with Crippen molar-refractivity contribution in [3.8, 4) is 0 Å². The molecule has 4 unspecified atom stereocenters. The topological polar surface area (TPSA) is 138 Å². The number of nitro groups is 1. The number of hydrogen-bond donors (Lipinski definition) is 4. The number of aromatic nitrogens is 1. The second-order valence-corrected chi connectivity index (χ2v) is 5.10. The molecule has 0 bridgehead atoms. The van der Waals surface area contributed by atoms with E-state index in [0.717, 1.165) is 0 Å². The molecule has 0 aromatic carbocycles. The van der Waals surface area contributed by atoms with Gasteiger partial charge >= 0.3 is 5.69 Å². The van der Waals surface area contributed by atoms with Crippen LogP contribution in [0.2, 0.25) is 0 Å². The van der Waals surface area contributed by atoms with Gasteiger partial charge in [-0.2, -0.15) is 0 Å². The average molecular weight is 310 g/mol. The number of aliphatic hydroxyl groups is 2. The first kappa shape index (κ1) is 16.1. The first-order valence-corrected chi connectivity index (χ1v) is 6.95. The van der Waals surface area contributed by atoms with E-state index in [1.807, 2.05) is 0 Å². The van der Waals surface area contributed by atoms with E-state index in [1.165, 1.54) is 18.3 Å². The van der Waals surface area contributed by atoms with E-state index in [-0.39, 0.29) is 23.8 Å². The van der Waals surface area contributed by atoms with Gasteiger partial charge in [0.05, 0.1) is 23.0 Å². The van der Waals surface area contributed by atoms with E-state index < -0.39 is 29.1 Å². The van der Waals surface area contributed by atoms with Gasteiger partial charge in [-0.1, -0.05) is 0 Å². The zero-order chi connectivity index (χ0) is 16.3. The second-order valence-electron chi connectivity index (χ2n) is 5.10. The van der Waals surface area contributed by atoms with Crippen molar-refractivity contribution in [1.29, 1.82) is 0 Å². The molecule has 4 N–H and O–H groups in total. The first-order chi connectivity index (χ1) is 10.5. The molecule has 9 nitrogen and oxygen atoms in total. The highest BCUT2D eigenvalue weighted by molar-refractivity contribution is 5.80. The Balaban J connectivity index is 2.14. The van der Waals surface area contributed by atoms with Gasteiger partial charge in [0.2, 0.25) is 11.7 Å². The summed E-state index contributed by atoms with van der Waals surface area (Å²) in [4.78, 5) is 26.1. The standard InChI is InChI=1S/C13H18N4O5/c1-2-14-13(20)7-6-8(11(19)10(7)18)16-12-9(17(21)22)4-3-5-15-12/h3-5,7-8,10-11,18-19H,2,6H2,1H3,(H,14,20)(H,15,16). The molecule has 0 aliphatic heterocycles. The molecule has 0 spiro atoms. The number of carbonyl (C=O) groups is 1. The maximum Gasteiger partial charge on any atom is 0.311 e. The summed E-state index contributed by atoms with van der Waals surface area (Å²) >= 11 is 0. The van der Waals surface area contributed by atoms with Crippen molar-refractivity contribution >= 4 is 17.4 Å². The lowest BCUT2D eigenvalue weighted by Crippen LogP contribution is -2.39. The van der Waals surface area contributed by atoms with Gasteiger partial charge in [0.15, 0.2) is 0 Å². The number of pyridine rings is 1. The molecular formula is C13H18N4O5. The molecule has 1 aromatic rings. The van der Waals surface area contributed by atoms with Crippen molar-refractivity contribution < 1.29 is 19.9 Å². The van der Waals surface area contributed by atoms with Crippen LogP contribution in [0, 0.1) is 16.0 Å². The van der Waals surface area contributed by atoms with Gasteiger partial charge in [0, 0.05) is 18.8 Å². The molecular weight excluding hydrogens is 292 g/mol. The van der Waals surface area contributed by atoms with E-state index >= 15 is 0 Å². The number of rotatable bonds is 5. The van der Waals surface area contributed by atoms with E-state index in [2.05, 4.69) is 15.6 Å². The van der Waals surface area contributed by atoms with Crippen molar-refractivity contribution in [2.45, 2.75) is 31.6 Å². The largest absolute Gasteiger partial charge is 0.390 e. The summed E-state index contributed by atoms with van der Waals surface area (Å²) in [5.74, 6) is -1.12. The van der Waals surface area contributed by atoms with Gasteiger partial charge < -0.3 is 20.8 Å². The van der Waals surface area contributed by atoms with Gasteiger partial charge in [0.25, 0.3) is 0 Å². The van der Waals surface area contributed by atoms with Crippen LogP contribution in [0.1, 0.15) is 13.3 Å². The molecule has 0 radical (unpaired) electrons. The molecule has 22 heavy (non-hydrogen) atoms. The predicted molar refractivity (Wildman–Crippen MR) is 77.1 cm³/mol. The van der Waals surface area contributed by atoms with Crippen LogP contribution >= 0.6 is 0 Å². The highest BCUT2D eigenvalue weighted by Gasteiger charge is 2.45. The Hall–Kier alpha value is -2.26. The Morgan fingerprint density at radius 1 is 1.50 bits per heavy atom. The SMILES string of the molecule is CCNC(=O)C1CC(Nc2ncccc2[N+](=O)[O-])C(O)C1O. The number of nitrogens with zero attached hydrogens (tertiary/aromatic N) is 2. The molecule has 1 aliphatic carbocycles. The number of anilines is 1. The van der Waals surface area contributed by atoms with E-state index in [0.29, 0.717) is 6.54 Å². The Labute approximate surface area is 126 Å². The zero-order valence-corrected chi connectivity index (χ0v) is 12.0. The molecule has 120 valence electrons. The number of nitrogens with one attached hydrogen (secondary N) is 2. The quantitative estimate of drug-likeness (QED) is 0.430. The molecule has 4 atom stereocenters. The Kier molecular flexibility index (Phi) is 4.88. The lowest BCUT2D eigenvalue weighted by atomic mass is 10.0. The highest BCUT2D eigenvalue weighted by atomic mass is 16.6. The summed E-state index contributed by atoms with van der Waals surface area (Å²) < 4.78 is 0. The van der Waals surface area contributed by atoms with Gasteiger partial charge in [0.1, 0.15) is 6.10 Å². The fourth-order valence-corrected chi connectivity index (χ4v) is 2.57. The van der Waals surface area contributed by atoms with Crippen LogP contribution < -0.4 is 10.6 Å². The third-order valence-electron chi connectivity index (χ3n) is 3.68. The highest BCUT2D eigenvalue weighted by Crippen LogP contribution is 2.31. The maximum absolute atomic E-state index is 11.8. The summed E-state index contributed by atoms with van der Waals surface area (Å²) in [6.07, 6.45) is -0.906. The van der Waals surface area contributed by atoms with Crippen molar-refractivity contribution in [2.24, 2.45) is 5.92 Å². The normalized spacial score (nSPS) is 27.4. The monoisotopic (exact) mass is 310 g/mol. The predicted octanol–water partition coefficient (Wildman–Crippen LogP) is -0.352. The van der Waals surface area contributed by atoms with Gasteiger partial charge in [-0.3, -0.25) is 14.9 Å². The van der Waals surface area contributed by atoms with Crippen molar-refractivity contribution in [3.05, 3.63) is 28.4 Å². The molecule has 1 fully saturated rings. The van der Waals surface area contributed by atoms with Crippen molar-refractivity contribution in [3.63, 3.8) is 0 Å². The van der Waals surface area contributed by atoms with Crippen LogP contribution in [0.25, 0.3) is 0 Å². The smallest absolute Gasteiger partial charge is 0.311 e. The Morgan fingerprint density at radius 3 is 2.86 bits per heavy atom. The molecule has 1 amide bonds.